The SMILES string of the molecule is O=C(Nc1cccc(F)c1)NC(Cc1ccc(F)cc1)(c1cc(F)cc(C(F)(F)F)c1)c1ccc(Cl)cn1. The second-order valence-corrected chi connectivity index (χ2v) is 8.82. The predicted octanol–water partition coefficient (Wildman–Crippen LogP) is 7.48. The van der Waals surface area contributed by atoms with Gasteiger partial charge >= 0.3 is 12.2 Å². The normalized spacial score (nSPS) is 13.0. The van der Waals surface area contributed by atoms with Gasteiger partial charge in [-0.15, -0.1) is 0 Å². The largest absolute Gasteiger partial charge is 0.416 e. The standard InChI is InChI=1S/C27H18ClF6N3O/c28-19-6-9-24(35-15-19)26(14-16-4-7-20(29)8-5-16,17-10-18(27(32,33)34)12-22(31)11-17)37-25(38)36-23-3-1-2-21(30)13-23/h1-13,15H,14H2,(H2,36,37,38). The number of benzene rings is 3. The number of nitrogens with one attached hydrogen (secondary N) is 2. The van der Waals surface area contributed by atoms with Gasteiger partial charge in [-0.1, -0.05) is 29.8 Å². The summed E-state index contributed by atoms with van der Waals surface area (Å²) in [7, 11) is 0. The van der Waals surface area contributed by atoms with Crippen molar-refractivity contribution in [3.63, 3.8) is 0 Å². The Morgan fingerprint density at radius 2 is 1.53 bits per heavy atom. The number of halogens is 7. The van der Waals surface area contributed by atoms with Crippen molar-refractivity contribution < 1.29 is 31.1 Å². The lowest BCUT2D eigenvalue weighted by Gasteiger charge is -2.36. The lowest BCUT2D eigenvalue weighted by atomic mass is 9.79. The number of pyridine rings is 1. The Morgan fingerprint density at radius 3 is 2.16 bits per heavy atom. The van der Waals surface area contributed by atoms with Gasteiger partial charge in [0, 0.05) is 18.3 Å². The molecule has 4 rings (SSSR count). The third kappa shape index (κ3) is 6.25. The Morgan fingerprint density at radius 1 is 0.816 bits per heavy atom. The van der Waals surface area contributed by atoms with Crippen molar-refractivity contribution in [2.75, 3.05) is 5.32 Å². The molecule has 0 aliphatic heterocycles. The number of nitrogens with zero attached hydrogens (tertiary/aromatic N) is 1. The number of hydrogen-bond acceptors (Lipinski definition) is 2. The van der Waals surface area contributed by atoms with Gasteiger partial charge in [0.1, 0.15) is 23.0 Å². The Balaban J connectivity index is 1.91. The van der Waals surface area contributed by atoms with Crippen LogP contribution in [0.4, 0.5) is 36.8 Å². The van der Waals surface area contributed by atoms with Crippen LogP contribution in [0.5, 0.6) is 0 Å². The summed E-state index contributed by atoms with van der Waals surface area (Å²) in [5, 5.41) is 5.24. The molecule has 0 fully saturated rings. The first-order chi connectivity index (χ1) is 17.9. The number of rotatable bonds is 6. The van der Waals surface area contributed by atoms with Crippen molar-refractivity contribution in [1.29, 1.82) is 0 Å². The number of carbonyl (C=O) groups excluding carboxylic acids is 1. The fraction of sp³-hybridized carbons (Fsp3) is 0.111. The zero-order valence-corrected chi connectivity index (χ0v) is 20.0. The number of alkyl halides is 3. The molecule has 0 aliphatic carbocycles. The molecule has 0 spiro atoms. The van der Waals surface area contributed by atoms with Gasteiger partial charge in [-0.05, 0) is 71.8 Å². The molecule has 1 unspecified atom stereocenters. The molecule has 1 aromatic heterocycles. The number of hydrogen-bond donors (Lipinski definition) is 2. The van der Waals surface area contributed by atoms with E-state index in [-0.39, 0.29) is 28.4 Å². The molecule has 3 aromatic carbocycles. The molecule has 2 amide bonds. The molecule has 11 heteroatoms. The average Bonchev–Trinajstić information content (AvgIpc) is 2.84. The van der Waals surface area contributed by atoms with Crippen molar-refractivity contribution >= 4 is 23.3 Å². The molecule has 2 N–H and O–H groups in total. The summed E-state index contributed by atoms with van der Waals surface area (Å²) in [5.41, 5.74) is -3.05. The van der Waals surface area contributed by atoms with Crippen LogP contribution in [0.2, 0.25) is 5.02 Å². The fourth-order valence-corrected chi connectivity index (χ4v) is 4.09. The van der Waals surface area contributed by atoms with Crippen LogP contribution in [0.3, 0.4) is 0 Å². The summed E-state index contributed by atoms with van der Waals surface area (Å²) in [4.78, 5) is 17.4. The molecular weight excluding hydrogens is 532 g/mol. The molecule has 0 saturated heterocycles. The summed E-state index contributed by atoms with van der Waals surface area (Å²) < 4.78 is 82.9. The molecule has 1 atom stereocenters. The van der Waals surface area contributed by atoms with Crippen molar-refractivity contribution in [1.82, 2.24) is 10.3 Å². The molecule has 0 bridgehead atoms. The summed E-state index contributed by atoms with van der Waals surface area (Å²) in [6.07, 6.45) is -3.96. The van der Waals surface area contributed by atoms with E-state index in [9.17, 15) is 31.1 Å². The van der Waals surface area contributed by atoms with E-state index in [1.54, 1.807) is 0 Å². The van der Waals surface area contributed by atoms with Crippen LogP contribution in [0, 0.1) is 17.5 Å². The van der Waals surface area contributed by atoms with E-state index in [2.05, 4.69) is 15.6 Å². The number of carbonyl (C=O) groups is 1. The lowest BCUT2D eigenvalue weighted by molar-refractivity contribution is -0.137. The number of amides is 2. The Bertz CT molecular complexity index is 1440. The minimum Gasteiger partial charge on any atom is -0.322 e. The molecule has 196 valence electrons. The maximum Gasteiger partial charge on any atom is 0.416 e. The highest BCUT2D eigenvalue weighted by molar-refractivity contribution is 6.30. The van der Waals surface area contributed by atoms with E-state index in [1.165, 1.54) is 42.6 Å². The third-order valence-corrected chi connectivity index (χ3v) is 5.90. The van der Waals surface area contributed by atoms with Gasteiger partial charge in [-0.3, -0.25) is 4.98 Å². The number of anilines is 1. The second kappa shape index (κ2) is 10.7. The van der Waals surface area contributed by atoms with Gasteiger partial charge in [0.05, 0.1) is 16.3 Å². The predicted molar refractivity (Wildman–Crippen MR) is 130 cm³/mol. The van der Waals surface area contributed by atoms with Gasteiger partial charge in [0.25, 0.3) is 0 Å². The van der Waals surface area contributed by atoms with Crippen molar-refractivity contribution in [3.05, 3.63) is 130 Å². The summed E-state index contributed by atoms with van der Waals surface area (Å²) in [6, 6.07) is 13.6. The number of urea groups is 1. The van der Waals surface area contributed by atoms with E-state index < -0.39 is 40.8 Å². The smallest absolute Gasteiger partial charge is 0.322 e. The van der Waals surface area contributed by atoms with Crippen LogP contribution in [0.1, 0.15) is 22.4 Å². The molecule has 4 aromatic rings. The highest BCUT2D eigenvalue weighted by Gasteiger charge is 2.41. The van der Waals surface area contributed by atoms with Crippen LogP contribution in [0.25, 0.3) is 0 Å². The first-order valence-electron chi connectivity index (χ1n) is 11.0. The molecule has 0 saturated carbocycles. The fourth-order valence-electron chi connectivity index (χ4n) is 3.98. The first-order valence-corrected chi connectivity index (χ1v) is 11.4. The second-order valence-electron chi connectivity index (χ2n) is 8.39. The van der Waals surface area contributed by atoms with Crippen LogP contribution in [-0.2, 0) is 18.1 Å². The minimum absolute atomic E-state index is 0.0133. The highest BCUT2D eigenvalue weighted by atomic mass is 35.5. The van der Waals surface area contributed by atoms with Crippen LogP contribution < -0.4 is 10.6 Å². The van der Waals surface area contributed by atoms with Gasteiger partial charge in [0.2, 0.25) is 0 Å². The van der Waals surface area contributed by atoms with E-state index >= 15 is 0 Å². The maximum atomic E-state index is 14.6. The van der Waals surface area contributed by atoms with E-state index in [4.69, 9.17) is 11.6 Å². The molecule has 0 radical (unpaired) electrons. The Kier molecular flexibility index (Phi) is 7.63. The monoisotopic (exact) mass is 549 g/mol. The van der Waals surface area contributed by atoms with Crippen molar-refractivity contribution in [3.8, 4) is 0 Å². The molecule has 1 heterocycles. The summed E-state index contributed by atoms with van der Waals surface area (Å²) >= 11 is 5.98. The summed E-state index contributed by atoms with van der Waals surface area (Å²) in [5.74, 6) is -2.41. The third-order valence-electron chi connectivity index (χ3n) is 5.67. The average molecular weight is 550 g/mol. The lowest BCUT2D eigenvalue weighted by Crippen LogP contribution is -2.50. The van der Waals surface area contributed by atoms with Crippen LogP contribution in [-0.4, -0.2) is 11.0 Å². The first kappa shape index (κ1) is 27.0. The van der Waals surface area contributed by atoms with E-state index in [0.717, 1.165) is 30.3 Å². The van der Waals surface area contributed by atoms with Crippen molar-refractivity contribution in [2.24, 2.45) is 0 Å². The van der Waals surface area contributed by atoms with Gasteiger partial charge in [-0.25, -0.2) is 18.0 Å². The van der Waals surface area contributed by atoms with E-state index in [0.29, 0.717) is 17.7 Å². The Hall–Kier alpha value is -4.05. The van der Waals surface area contributed by atoms with Crippen molar-refractivity contribution in [2.45, 2.75) is 18.1 Å². The summed E-state index contributed by atoms with van der Waals surface area (Å²) in [6.45, 7) is 0. The van der Waals surface area contributed by atoms with Gasteiger partial charge in [-0.2, -0.15) is 13.2 Å². The van der Waals surface area contributed by atoms with Crippen LogP contribution in [0.15, 0.2) is 85.1 Å². The van der Waals surface area contributed by atoms with Gasteiger partial charge in [0.15, 0.2) is 0 Å². The highest BCUT2D eigenvalue weighted by Crippen LogP contribution is 2.38. The van der Waals surface area contributed by atoms with Gasteiger partial charge < -0.3 is 10.6 Å². The quantitative estimate of drug-likeness (QED) is 0.245. The molecule has 38 heavy (non-hydrogen) atoms. The zero-order chi connectivity index (χ0) is 27.5. The number of aromatic nitrogens is 1. The topological polar surface area (TPSA) is 54.0 Å². The van der Waals surface area contributed by atoms with E-state index in [1.807, 2.05) is 0 Å². The molecule has 0 aliphatic rings. The molecular formula is C27H18ClF6N3O. The minimum atomic E-state index is -4.91. The zero-order valence-electron chi connectivity index (χ0n) is 19.3. The Labute approximate surface area is 218 Å². The van der Waals surface area contributed by atoms with Crippen LogP contribution >= 0.6 is 11.6 Å². The molecule has 4 nitrogen and oxygen atoms in total. The maximum absolute atomic E-state index is 14.6.